The van der Waals surface area contributed by atoms with Crippen molar-refractivity contribution < 1.29 is 9.32 Å². The van der Waals surface area contributed by atoms with Gasteiger partial charge in [-0.15, -0.1) is 0 Å². The van der Waals surface area contributed by atoms with Crippen molar-refractivity contribution in [3.8, 4) is 0 Å². The van der Waals surface area contributed by atoms with E-state index in [4.69, 9.17) is 4.52 Å². The zero-order chi connectivity index (χ0) is 15.7. The summed E-state index contributed by atoms with van der Waals surface area (Å²) in [5.41, 5.74) is 3.11. The summed E-state index contributed by atoms with van der Waals surface area (Å²) in [5.74, 6) is 0.840. The second-order valence-electron chi connectivity index (χ2n) is 6.33. The van der Waals surface area contributed by atoms with Crippen LogP contribution in [0.4, 0.5) is 0 Å². The molecule has 0 radical (unpaired) electrons. The monoisotopic (exact) mass is 302 g/mol. The highest BCUT2D eigenvalue weighted by Gasteiger charge is 2.29. The van der Waals surface area contributed by atoms with Gasteiger partial charge in [-0.3, -0.25) is 9.89 Å². The molecular formula is C16H22N4O2. The van der Waals surface area contributed by atoms with Crippen LogP contribution in [-0.4, -0.2) is 39.3 Å². The number of carbonyl (C=O) groups excluding carboxylic acids is 1. The molecule has 3 heterocycles. The Morgan fingerprint density at radius 2 is 2.32 bits per heavy atom. The van der Waals surface area contributed by atoms with Gasteiger partial charge >= 0.3 is 0 Å². The predicted octanol–water partition coefficient (Wildman–Crippen LogP) is 2.85. The van der Waals surface area contributed by atoms with Gasteiger partial charge in [-0.25, -0.2) is 0 Å². The lowest BCUT2D eigenvalue weighted by Crippen LogP contribution is -2.39. The Kier molecular flexibility index (Phi) is 4.00. The van der Waals surface area contributed by atoms with Gasteiger partial charge in [0.2, 0.25) is 5.76 Å². The van der Waals surface area contributed by atoms with Crippen LogP contribution < -0.4 is 0 Å². The molecule has 6 nitrogen and oxygen atoms in total. The summed E-state index contributed by atoms with van der Waals surface area (Å²) >= 11 is 0. The van der Waals surface area contributed by atoms with E-state index in [1.54, 1.807) is 6.07 Å². The van der Waals surface area contributed by atoms with E-state index in [9.17, 15) is 4.79 Å². The van der Waals surface area contributed by atoms with E-state index in [1.807, 2.05) is 31.9 Å². The first-order valence-corrected chi connectivity index (χ1v) is 7.82. The number of H-pyrrole nitrogens is 1. The van der Waals surface area contributed by atoms with Crippen molar-refractivity contribution in [1.82, 2.24) is 20.3 Å². The molecule has 1 saturated heterocycles. The zero-order valence-corrected chi connectivity index (χ0v) is 13.3. The fourth-order valence-electron chi connectivity index (χ4n) is 2.98. The minimum absolute atomic E-state index is 0.0683. The highest BCUT2D eigenvalue weighted by molar-refractivity contribution is 5.91. The number of aromatic amines is 1. The van der Waals surface area contributed by atoms with Gasteiger partial charge in [-0.05, 0) is 31.2 Å². The number of nitrogens with one attached hydrogen (secondary N) is 1. The van der Waals surface area contributed by atoms with E-state index in [0.717, 1.165) is 36.3 Å². The molecule has 0 aliphatic carbocycles. The first-order valence-electron chi connectivity index (χ1n) is 7.82. The predicted molar refractivity (Wildman–Crippen MR) is 81.8 cm³/mol. The van der Waals surface area contributed by atoms with Gasteiger partial charge in [0.25, 0.3) is 5.91 Å². The molecule has 3 rings (SSSR count). The summed E-state index contributed by atoms with van der Waals surface area (Å²) in [7, 11) is 0. The molecule has 22 heavy (non-hydrogen) atoms. The number of amides is 1. The smallest absolute Gasteiger partial charge is 0.292 e. The molecule has 0 bridgehead atoms. The number of hydrogen-bond acceptors (Lipinski definition) is 4. The molecule has 0 spiro atoms. The molecule has 118 valence electrons. The van der Waals surface area contributed by atoms with Gasteiger partial charge in [0.05, 0.1) is 11.9 Å². The van der Waals surface area contributed by atoms with Crippen molar-refractivity contribution in [3.05, 3.63) is 35.0 Å². The van der Waals surface area contributed by atoms with Crippen molar-refractivity contribution in [2.75, 3.05) is 13.1 Å². The summed E-state index contributed by atoms with van der Waals surface area (Å²) in [6.07, 6.45) is 3.89. The highest BCUT2D eigenvalue weighted by atomic mass is 16.5. The summed E-state index contributed by atoms with van der Waals surface area (Å²) in [5, 5.41) is 11.1. The van der Waals surface area contributed by atoms with Gasteiger partial charge in [-0.1, -0.05) is 19.0 Å². The Balaban J connectivity index is 1.73. The molecule has 2 aromatic heterocycles. The van der Waals surface area contributed by atoms with Crippen molar-refractivity contribution in [1.29, 1.82) is 0 Å². The van der Waals surface area contributed by atoms with Crippen LogP contribution in [0.25, 0.3) is 0 Å². The maximum atomic E-state index is 12.6. The van der Waals surface area contributed by atoms with Gasteiger partial charge in [-0.2, -0.15) is 5.10 Å². The maximum Gasteiger partial charge on any atom is 0.292 e. The Bertz CT molecular complexity index is 659. The fourth-order valence-corrected chi connectivity index (χ4v) is 2.98. The zero-order valence-electron chi connectivity index (χ0n) is 13.3. The minimum atomic E-state index is -0.0683. The highest BCUT2D eigenvalue weighted by Crippen LogP contribution is 2.28. The normalized spacial score (nSPS) is 18.9. The number of likely N-dealkylation sites (tertiary alicyclic amines) is 1. The molecule has 1 N–H and O–H groups in total. The lowest BCUT2D eigenvalue weighted by atomic mass is 9.93. The quantitative estimate of drug-likeness (QED) is 0.946. The van der Waals surface area contributed by atoms with Crippen LogP contribution >= 0.6 is 0 Å². The minimum Gasteiger partial charge on any atom is -0.351 e. The Labute approximate surface area is 129 Å². The van der Waals surface area contributed by atoms with Crippen LogP contribution in [0.1, 0.15) is 66.0 Å². The number of aryl methyl sites for hydroxylation is 1. The lowest BCUT2D eigenvalue weighted by molar-refractivity contribution is 0.0663. The van der Waals surface area contributed by atoms with Gasteiger partial charge < -0.3 is 9.42 Å². The molecular weight excluding hydrogens is 280 g/mol. The van der Waals surface area contributed by atoms with Crippen molar-refractivity contribution in [2.24, 2.45) is 0 Å². The number of carbonyl (C=O) groups is 1. The molecule has 2 aromatic rings. The van der Waals surface area contributed by atoms with Gasteiger partial charge in [0.1, 0.15) is 0 Å². The summed E-state index contributed by atoms with van der Waals surface area (Å²) in [4.78, 5) is 14.5. The average molecular weight is 302 g/mol. The molecule has 6 heteroatoms. The lowest BCUT2D eigenvalue weighted by Gasteiger charge is -2.31. The van der Waals surface area contributed by atoms with Crippen molar-refractivity contribution in [2.45, 2.75) is 45.4 Å². The van der Waals surface area contributed by atoms with Crippen molar-refractivity contribution in [3.63, 3.8) is 0 Å². The molecule has 1 amide bonds. The van der Waals surface area contributed by atoms with E-state index in [0.29, 0.717) is 18.2 Å². The van der Waals surface area contributed by atoms with Crippen LogP contribution in [0, 0.1) is 6.92 Å². The summed E-state index contributed by atoms with van der Waals surface area (Å²) in [6.45, 7) is 7.57. The van der Waals surface area contributed by atoms with Crippen LogP contribution in [0.2, 0.25) is 0 Å². The molecule has 0 unspecified atom stereocenters. The number of piperidine rings is 1. The summed E-state index contributed by atoms with van der Waals surface area (Å²) in [6, 6.07) is 1.76. The van der Waals surface area contributed by atoms with E-state index < -0.39 is 0 Å². The Morgan fingerprint density at radius 3 is 2.95 bits per heavy atom. The van der Waals surface area contributed by atoms with Gasteiger partial charge in [0.15, 0.2) is 0 Å². The maximum absolute atomic E-state index is 12.6. The van der Waals surface area contributed by atoms with E-state index in [2.05, 4.69) is 15.4 Å². The van der Waals surface area contributed by atoms with Crippen LogP contribution in [0.5, 0.6) is 0 Å². The number of hydrogen-bond donors (Lipinski definition) is 1. The second kappa shape index (κ2) is 5.94. The standard InChI is InChI=1S/C16H22N4O2/c1-10(2)13-7-14(22-19-13)16(21)20-6-4-5-12(9-20)15-11(3)8-17-18-15/h7-8,10,12H,4-6,9H2,1-3H3,(H,17,18)/t12-/m0/s1. The van der Waals surface area contributed by atoms with Crippen LogP contribution in [0.15, 0.2) is 16.8 Å². The first kappa shape index (κ1) is 14.8. The molecule has 1 aliphatic rings. The molecule has 0 aromatic carbocycles. The van der Waals surface area contributed by atoms with E-state index in [1.165, 1.54) is 0 Å². The van der Waals surface area contributed by atoms with E-state index >= 15 is 0 Å². The number of aromatic nitrogens is 3. The third-order valence-corrected chi connectivity index (χ3v) is 4.32. The molecule has 1 atom stereocenters. The third kappa shape index (κ3) is 2.77. The number of nitrogens with zero attached hydrogens (tertiary/aromatic N) is 3. The van der Waals surface area contributed by atoms with E-state index in [-0.39, 0.29) is 11.8 Å². The molecule has 0 saturated carbocycles. The summed E-state index contributed by atoms with van der Waals surface area (Å²) < 4.78 is 5.23. The first-order chi connectivity index (χ1) is 10.6. The average Bonchev–Trinajstić information content (AvgIpc) is 3.15. The Hall–Kier alpha value is -2.11. The van der Waals surface area contributed by atoms with Crippen LogP contribution in [0.3, 0.4) is 0 Å². The van der Waals surface area contributed by atoms with Crippen molar-refractivity contribution >= 4 is 5.91 Å². The SMILES string of the molecule is Cc1cn[nH]c1[C@H]1CCCN(C(=O)c2cc(C(C)C)no2)C1. The Morgan fingerprint density at radius 1 is 1.50 bits per heavy atom. The number of rotatable bonds is 3. The second-order valence-corrected chi connectivity index (χ2v) is 6.33. The fraction of sp³-hybridized carbons (Fsp3) is 0.562. The van der Waals surface area contributed by atoms with Crippen LogP contribution in [-0.2, 0) is 0 Å². The van der Waals surface area contributed by atoms with Gasteiger partial charge in [0, 0.05) is 30.8 Å². The molecule has 1 fully saturated rings. The third-order valence-electron chi connectivity index (χ3n) is 4.32. The topological polar surface area (TPSA) is 75.0 Å². The molecule has 1 aliphatic heterocycles. The largest absolute Gasteiger partial charge is 0.351 e.